The minimum atomic E-state index is -3.70. The van der Waals surface area contributed by atoms with Crippen molar-refractivity contribution in [3.05, 3.63) is 126 Å². The van der Waals surface area contributed by atoms with Gasteiger partial charge in [0, 0.05) is 26.2 Å². The molecule has 0 unspecified atom stereocenters. The second-order valence-electron chi connectivity index (χ2n) is 11.1. The zero-order valence-corrected chi connectivity index (χ0v) is 27.4. The average molecular weight is 676 g/mol. The first-order valence-electron chi connectivity index (χ1n) is 15.5. The molecule has 1 saturated heterocycles. The van der Waals surface area contributed by atoms with Gasteiger partial charge < -0.3 is 24.4 Å². The molecule has 5 rings (SSSR count). The fourth-order valence-electron chi connectivity index (χ4n) is 5.31. The van der Waals surface area contributed by atoms with Crippen molar-refractivity contribution >= 4 is 21.8 Å². The van der Waals surface area contributed by atoms with E-state index in [4.69, 9.17) is 14.2 Å². The second kappa shape index (κ2) is 16.4. The Bertz CT molecular complexity index is 1750. The highest BCUT2D eigenvalue weighted by molar-refractivity contribution is 7.89. The zero-order chi connectivity index (χ0) is 33.9. The summed E-state index contributed by atoms with van der Waals surface area (Å²) in [5, 5.41) is 2.98. The van der Waals surface area contributed by atoms with Gasteiger partial charge in [0.2, 0.25) is 15.9 Å². The number of morpholine rings is 1. The minimum absolute atomic E-state index is 0.00463. The number of nitrogens with one attached hydrogen (secondary N) is 1. The number of benzene rings is 4. The summed E-state index contributed by atoms with van der Waals surface area (Å²) < 4.78 is 57.4. The van der Waals surface area contributed by atoms with Crippen molar-refractivity contribution in [2.75, 3.05) is 46.6 Å². The fraction of sp³-hybridized carbons (Fsp3) is 0.278. The van der Waals surface area contributed by atoms with Gasteiger partial charge in [-0.1, -0.05) is 54.6 Å². The second-order valence-corrected chi connectivity index (χ2v) is 13.1. The van der Waals surface area contributed by atoms with Crippen molar-refractivity contribution in [1.82, 2.24) is 14.5 Å². The fourth-order valence-corrected chi connectivity index (χ4v) is 6.72. The lowest BCUT2D eigenvalue weighted by Crippen LogP contribution is -2.45. The molecular weight excluding hydrogens is 637 g/mol. The Morgan fingerprint density at radius 1 is 0.875 bits per heavy atom. The molecule has 12 heteroatoms. The average Bonchev–Trinajstić information content (AvgIpc) is 3.12. The molecule has 252 valence electrons. The molecular formula is C36H38FN3O7S. The number of carbonyl (C=O) groups is 2. The first-order valence-corrected chi connectivity index (χ1v) is 17.0. The van der Waals surface area contributed by atoms with Gasteiger partial charge in [-0.15, -0.1) is 0 Å². The highest BCUT2D eigenvalue weighted by atomic mass is 32.2. The van der Waals surface area contributed by atoms with Crippen molar-refractivity contribution in [2.24, 2.45) is 0 Å². The Morgan fingerprint density at radius 2 is 1.50 bits per heavy atom. The van der Waals surface area contributed by atoms with Gasteiger partial charge in [0.1, 0.15) is 23.4 Å². The maximum absolute atomic E-state index is 13.9. The number of carbonyl (C=O) groups excluding carboxylic acids is 2. The van der Waals surface area contributed by atoms with E-state index in [2.05, 4.69) is 5.32 Å². The smallest absolute Gasteiger partial charge is 0.261 e. The van der Waals surface area contributed by atoms with E-state index in [1.807, 2.05) is 30.3 Å². The van der Waals surface area contributed by atoms with Crippen LogP contribution >= 0.6 is 0 Å². The number of ether oxygens (including phenoxy) is 3. The highest BCUT2D eigenvalue weighted by Gasteiger charge is 2.32. The summed E-state index contributed by atoms with van der Waals surface area (Å²) in [6, 6.07) is 27.0. The number of halogens is 1. The lowest BCUT2D eigenvalue weighted by molar-refractivity contribution is -0.143. The van der Waals surface area contributed by atoms with Crippen LogP contribution in [0.25, 0.3) is 0 Å². The Balaban J connectivity index is 1.33. The van der Waals surface area contributed by atoms with Gasteiger partial charge in [-0.2, -0.15) is 4.31 Å². The van der Waals surface area contributed by atoms with Crippen LogP contribution in [0, 0.1) is 5.82 Å². The Kier molecular flexibility index (Phi) is 11.8. The van der Waals surface area contributed by atoms with Crippen molar-refractivity contribution < 1.29 is 36.6 Å². The Labute approximate surface area is 280 Å². The van der Waals surface area contributed by atoms with E-state index in [0.717, 1.165) is 11.3 Å². The molecule has 1 aliphatic rings. The molecule has 1 atom stereocenters. The number of nitrogens with zero attached hydrogens (tertiary/aromatic N) is 2. The van der Waals surface area contributed by atoms with Crippen LogP contribution in [-0.2, 0) is 37.3 Å². The molecule has 4 aromatic rings. The molecule has 0 aliphatic carbocycles. The third-order valence-electron chi connectivity index (χ3n) is 7.93. The molecule has 0 bridgehead atoms. The summed E-state index contributed by atoms with van der Waals surface area (Å²) in [6.07, 6.45) is 0.559. The van der Waals surface area contributed by atoms with E-state index in [0.29, 0.717) is 37.3 Å². The summed E-state index contributed by atoms with van der Waals surface area (Å²) in [5.41, 5.74) is 2.21. The topological polar surface area (TPSA) is 114 Å². The van der Waals surface area contributed by atoms with Crippen molar-refractivity contribution in [3.63, 3.8) is 0 Å². The van der Waals surface area contributed by atoms with Crippen LogP contribution in [0.3, 0.4) is 0 Å². The monoisotopic (exact) mass is 675 g/mol. The summed E-state index contributed by atoms with van der Waals surface area (Å²) in [7, 11) is -2.10. The molecule has 0 radical (unpaired) electrons. The summed E-state index contributed by atoms with van der Waals surface area (Å²) in [4.78, 5) is 29.3. The Morgan fingerprint density at radius 3 is 2.15 bits per heavy atom. The number of sulfonamides is 1. The van der Waals surface area contributed by atoms with E-state index in [9.17, 15) is 22.4 Å². The molecule has 1 fully saturated rings. The molecule has 10 nitrogen and oxygen atoms in total. The lowest BCUT2D eigenvalue weighted by atomic mass is 10.0. The van der Waals surface area contributed by atoms with E-state index in [-0.39, 0.29) is 36.2 Å². The van der Waals surface area contributed by atoms with Crippen LogP contribution in [-0.4, -0.2) is 76.0 Å². The first kappa shape index (κ1) is 34.6. The van der Waals surface area contributed by atoms with Gasteiger partial charge in [-0.05, 0) is 71.6 Å². The summed E-state index contributed by atoms with van der Waals surface area (Å²) >= 11 is 0. The quantitative estimate of drug-likeness (QED) is 0.211. The molecule has 0 spiro atoms. The van der Waals surface area contributed by atoms with E-state index in [1.54, 1.807) is 43.5 Å². The minimum Gasteiger partial charge on any atom is -0.497 e. The maximum atomic E-state index is 13.9. The molecule has 48 heavy (non-hydrogen) atoms. The molecule has 0 saturated carbocycles. The van der Waals surface area contributed by atoms with E-state index in [1.165, 1.54) is 45.6 Å². The third kappa shape index (κ3) is 8.97. The van der Waals surface area contributed by atoms with Crippen molar-refractivity contribution in [2.45, 2.75) is 23.9 Å². The van der Waals surface area contributed by atoms with Gasteiger partial charge in [0.25, 0.3) is 5.91 Å². The summed E-state index contributed by atoms with van der Waals surface area (Å²) in [6.45, 7) is 1.11. The number of hydrogen-bond acceptors (Lipinski definition) is 7. The molecule has 4 aromatic carbocycles. The SMILES string of the molecule is COc1ccc(CCNC(=O)[C@H](c2ccccc2)N(Cc2ccc(F)cc2)C(=O)COc2ccc(S(=O)(=O)N3CCOCC3)cc2)cc1. The number of methoxy groups -OCH3 is 1. The van der Waals surface area contributed by atoms with Crippen molar-refractivity contribution in [3.8, 4) is 11.5 Å². The van der Waals surface area contributed by atoms with Crippen LogP contribution in [0.15, 0.2) is 108 Å². The normalized spacial score (nSPS) is 14.1. The van der Waals surface area contributed by atoms with Crippen LogP contribution in [0.2, 0.25) is 0 Å². The van der Waals surface area contributed by atoms with E-state index < -0.39 is 34.4 Å². The predicted octanol–water partition coefficient (Wildman–Crippen LogP) is 4.36. The lowest BCUT2D eigenvalue weighted by Gasteiger charge is -2.31. The van der Waals surface area contributed by atoms with Gasteiger partial charge in [-0.25, -0.2) is 12.8 Å². The largest absolute Gasteiger partial charge is 0.497 e. The first-order chi connectivity index (χ1) is 23.2. The van der Waals surface area contributed by atoms with Gasteiger partial charge >= 0.3 is 0 Å². The summed E-state index contributed by atoms with van der Waals surface area (Å²) in [5.74, 6) is -0.287. The number of amides is 2. The van der Waals surface area contributed by atoms with Crippen LogP contribution in [0.1, 0.15) is 22.7 Å². The molecule has 2 amide bonds. The van der Waals surface area contributed by atoms with Gasteiger partial charge in [0.15, 0.2) is 6.61 Å². The van der Waals surface area contributed by atoms with Gasteiger partial charge in [-0.3, -0.25) is 9.59 Å². The van der Waals surface area contributed by atoms with Crippen LogP contribution in [0.5, 0.6) is 11.5 Å². The van der Waals surface area contributed by atoms with Crippen LogP contribution in [0.4, 0.5) is 4.39 Å². The van der Waals surface area contributed by atoms with Crippen molar-refractivity contribution in [1.29, 1.82) is 0 Å². The molecule has 0 aromatic heterocycles. The molecule has 1 aliphatic heterocycles. The highest BCUT2D eigenvalue weighted by Crippen LogP contribution is 2.26. The molecule has 1 heterocycles. The van der Waals surface area contributed by atoms with Crippen LogP contribution < -0.4 is 14.8 Å². The Hall–Kier alpha value is -4.78. The third-order valence-corrected chi connectivity index (χ3v) is 9.84. The predicted molar refractivity (Wildman–Crippen MR) is 177 cm³/mol. The maximum Gasteiger partial charge on any atom is 0.261 e. The molecule has 1 N–H and O–H groups in total. The standard InChI is InChI=1S/C36H38FN3O7S/c1-45-31-13-9-27(10-14-31)19-20-38-36(42)35(29-5-3-2-4-6-29)40(25-28-7-11-30(37)12-8-28)34(41)26-47-32-15-17-33(18-16-32)48(43,44)39-21-23-46-24-22-39/h2-18,35H,19-26H2,1H3,(H,38,42)/t35-/m0/s1. The number of rotatable bonds is 14. The number of hydrogen-bond donors (Lipinski definition) is 1. The zero-order valence-electron chi connectivity index (χ0n) is 26.6. The van der Waals surface area contributed by atoms with E-state index >= 15 is 0 Å². The van der Waals surface area contributed by atoms with Gasteiger partial charge in [0.05, 0.1) is 25.2 Å².